The van der Waals surface area contributed by atoms with Crippen LogP contribution in [0.2, 0.25) is 0 Å². The summed E-state index contributed by atoms with van der Waals surface area (Å²) in [6, 6.07) is 16.0. The summed E-state index contributed by atoms with van der Waals surface area (Å²) in [5.41, 5.74) is 0.0943. The Balaban J connectivity index is 2.00. The van der Waals surface area contributed by atoms with Crippen molar-refractivity contribution >= 4 is 27.3 Å². The van der Waals surface area contributed by atoms with Gasteiger partial charge in [-0.05, 0) is 43.3 Å². The van der Waals surface area contributed by atoms with Crippen LogP contribution in [0.15, 0.2) is 71.6 Å². The maximum atomic E-state index is 14.7. The monoisotopic (exact) mass is 488 g/mol. The minimum Gasteiger partial charge on any atom is -0.493 e. The van der Waals surface area contributed by atoms with Gasteiger partial charge in [0.2, 0.25) is 5.91 Å². The van der Waals surface area contributed by atoms with Crippen LogP contribution in [0, 0.1) is 5.82 Å². The van der Waals surface area contributed by atoms with Crippen molar-refractivity contribution in [1.29, 1.82) is 0 Å². The molecule has 3 aromatic carbocycles. The van der Waals surface area contributed by atoms with E-state index >= 15 is 0 Å². The van der Waals surface area contributed by atoms with E-state index in [4.69, 9.17) is 14.2 Å². The van der Waals surface area contributed by atoms with E-state index in [1.165, 1.54) is 50.6 Å². The first-order valence-electron chi connectivity index (χ1n) is 10.3. The van der Waals surface area contributed by atoms with Crippen LogP contribution < -0.4 is 23.8 Å². The summed E-state index contributed by atoms with van der Waals surface area (Å²) < 4.78 is 58.4. The lowest BCUT2D eigenvalue weighted by Gasteiger charge is -2.25. The molecule has 0 aromatic heterocycles. The standard InChI is InChI=1S/C24H25FN2O6S/c1-4-33-21-12-8-6-10-19(21)26-24(28)16-27(20-11-7-5-9-18(20)25)34(29,30)17-13-14-22(31-2)23(15-17)32-3/h5-15H,4,16H2,1-3H3,(H,26,28). The van der Waals surface area contributed by atoms with Crippen molar-refractivity contribution < 1.29 is 31.8 Å². The summed E-state index contributed by atoms with van der Waals surface area (Å²) in [5, 5.41) is 2.64. The second-order valence-electron chi connectivity index (χ2n) is 6.96. The van der Waals surface area contributed by atoms with Gasteiger partial charge in [-0.25, -0.2) is 12.8 Å². The highest BCUT2D eigenvalue weighted by Gasteiger charge is 2.30. The summed E-state index contributed by atoms with van der Waals surface area (Å²) in [6.07, 6.45) is 0. The lowest BCUT2D eigenvalue weighted by Crippen LogP contribution is -2.38. The van der Waals surface area contributed by atoms with E-state index < -0.39 is 28.3 Å². The molecule has 0 spiro atoms. The Morgan fingerprint density at radius 2 is 1.62 bits per heavy atom. The topological polar surface area (TPSA) is 94.2 Å². The number of ether oxygens (including phenoxy) is 3. The summed E-state index contributed by atoms with van der Waals surface area (Å²) >= 11 is 0. The molecule has 0 aliphatic heterocycles. The first kappa shape index (κ1) is 24.8. The minimum atomic E-state index is -4.38. The molecule has 3 aromatic rings. The van der Waals surface area contributed by atoms with E-state index in [1.807, 2.05) is 0 Å². The van der Waals surface area contributed by atoms with Crippen LogP contribution in [0.5, 0.6) is 17.2 Å². The van der Waals surface area contributed by atoms with Gasteiger partial charge in [0.25, 0.3) is 10.0 Å². The number of nitrogens with one attached hydrogen (secondary N) is 1. The van der Waals surface area contributed by atoms with Crippen molar-refractivity contribution in [2.45, 2.75) is 11.8 Å². The minimum absolute atomic E-state index is 0.173. The first-order chi connectivity index (χ1) is 16.3. The molecule has 0 saturated carbocycles. The van der Waals surface area contributed by atoms with E-state index in [0.717, 1.165) is 6.07 Å². The second kappa shape index (κ2) is 10.9. The highest BCUT2D eigenvalue weighted by molar-refractivity contribution is 7.92. The molecule has 0 saturated heterocycles. The van der Waals surface area contributed by atoms with Gasteiger partial charge in [0.15, 0.2) is 11.5 Å². The predicted octanol–water partition coefficient (Wildman–Crippen LogP) is 4.08. The van der Waals surface area contributed by atoms with E-state index in [1.54, 1.807) is 31.2 Å². The van der Waals surface area contributed by atoms with Crippen molar-refractivity contribution in [3.63, 3.8) is 0 Å². The van der Waals surface area contributed by atoms with Crippen LogP contribution in [0.4, 0.5) is 15.8 Å². The summed E-state index contributed by atoms with van der Waals surface area (Å²) in [4.78, 5) is 12.7. The summed E-state index contributed by atoms with van der Waals surface area (Å²) in [6.45, 7) is 1.49. The molecule has 10 heteroatoms. The number of hydrogen-bond acceptors (Lipinski definition) is 6. The molecule has 8 nitrogen and oxygen atoms in total. The summed E-state index contributed by atoms with van der Waals surface area (Å²) in [7, 11) is -1.59. The molecule has 0 aliphatic carbocycles. The molecule has 0 aliphatic rings. The molecule has 180 valence electrons. The quantitative estimate of drug-likeness (QED) is 0.462. The number of nitrogens with zero attached hydrogens (tertiary/aromatic N) is 1. The number of methoxy groups -OCH3 is 2. The van der Waals surface area contributed by atoms with Gasteiger partial charge in [-0.3, -0.25) is 9.10 Å². The zero-order chi connectivity index (χ0) is 24.7. The van der Waals surface area contributed by atoms with Gasteiger partial charge < -0.3 is 19.5 Å². The predicted molar refractivity (Wildman–Crippen MR) is 127 cm³/mol. The maximum Gasteiger partial charge on any atom is 0.265 e. The molecular formula is C24H25FN2O6S. The van der Waals surface area contributed by atoms with E-state index in [-0.39, 0.29) is 16.3 Å². The Labute approximate surface area is 197 Å². The molecule has 34 heavy (non-hydrogen) atoms. The lowest BCUT2D eigenvalue weighted by molar-refractivity contribution is -0.114. The third-order valence-electron chi connectivity index (χ3n) is 4.81. The van der Waals surface area contributed by atoms with Crippen LogP contribution in [0.3, 0.4) is 0 Å². The fourth-order valence-electron chi connectivity index (χ4n) is 3.23. The van der Waals surface area contributed by atoms with Crippen molar-refractivity contribution in [1.82, 2.24) is 0 Å². The molecule has 0 bridgehead atoms. The molecule has 1 N–H and O–H groups in total. The van der Waals surface area contributed by atoms with Gasteiger partial charge in [0, 0.05) is 6.07 Å². The van der Waals surface area contributed by atoms with Gasteiger partial charge in [-0.15, -0.1) is 0 Å². The van der Waals surface area contributed by atoms with E-state index in [9.17, 15) is 17.6 Å². The summed E-state index contributed by atoms with van der Waals surface area (Å²) in [5.74, 6) is -0.552. The Kier molecular flexibility index (Phi) is 7.95. The third kappa shape index (κ3) is 5.40. The van der Waals surface area contributed by atoms with Gasteiger partial charge in [-0.1, -0.05) is 24.3 Å². The van der Waals surface area contributed by atoms with Crippen molar-refractivity contribution in [3.8, 4) is 17.2 Å². The number of hydrogen-bond donors (Lipinski definition) is 1. The normalized spacial score (nSPS) is 10.9. The third-order valence-corrected chi connectivity index (χ3v) is 6.57. The zero-order valence-corrected chi connectivity index (χ0v) is 19.8. The van der Waals surface area contributed by atoms with Crippen molar-refractivity contribution in [2.24, 2.45) is 0 Å². The van der Waals surface area contributed by atoms with Crippen molar-refractivity contribution in [3.05, 3.63) is 72.5 Å². The number of carbonyl (C=O) groups excluding carboxylic acids is 1. The molecule has 0 radical (unpaired) electrons. The molecule has 0 fully saturated rings. The second-order valence-corrected chi connectivity index (χ2v) is 8.82. The smallest absolute Gasteiger partial charge is 0.265 e. The average Bonchev–Trinajstić information content (AvgIpc) is 2.84. The average molecular weight is 489 g/mol. The van der Waals surface area contributed by atoms with E-state index in [2.05, 4.69) is 5.32 Å². The fraction of sp³-hybridized carbons (Fsp3) is 0.208. The van der Waals surface area contributed by atoms with Gasteiger partial charge in [0.05, 0.1) is 37.1 Å². The molecule has 0 heterocycles. The Morgan fingerprint density at radius 1 is 0.941 bits per heavy atom. The zero-order valence-electron chi connectivity index (χ0n) is 18.9. The number of amides is 1. The highest BCUT2D eigenvalue weighted by Crippen LogP contribution is 2.33. The number of anilines is 2. The number of para-hydroxylation sites is 3. The van der Waals surface area contributed by atoms with Crippen LogP contribution in [0.25, 0.3) is 0 Å². The van der Waals surface area contributed by atoms with Gasteiger partial charge in [-0.2, -0.15) is 0 Å². The van der Waals surface area contributed by atoms with Crippen LogP contribution in [0.1, 0.15) is 6.92 Å². The highest BCUT2D eigenvalue weighted by atomic mass is 32.2. The fourth-order valence-corrected chi connectivity index (χ4v) is 4.67. The van der Waals surface area contributed by atoms with Crippen molar-refractivity contribution in [2.75, 3.05) is 37.0 Å². The molecule has 1 amide bonds. The van der Waals surface area contributed by atoms with Crippen LogP contribution in [-0.2, 0) is 14.8 Å². The van der Waals surface area contributed by atoms with Crippen LogP contribution >= 0.6 is 0 Å². The first-order valence-corrected chi connectivity index (χ1v) is 11.8. The largest absolute Gasteiger partial charge is 0.493 e. The molecular weight excluding hydrogens is 463 g/mol. The van der Waals surface area contributed by atoms with Gasteiger partial charge >= 0.3 is 0 Å². The van der Waals surface area contributed by atoms with Crippen LogP contribution in [-0.4, -0.2) is 41.7 Å². The lowest BCUT2D eigenvalue weighted by atomic mass is 10.3. The molecule has 0 atom stereocenters. The number of sulfonamides is 1. The Hall–Kier alpha value is -3.79. The Bertz CT molecular complexity index is 1270. The molecule has 0 unspecified atom stereocenters. The SMILES string of the molecule is CCOc1ccccc1NC(=O)CN(c1ccccc1F)S(=O)(=O)c1ccc(OC)c(OC)c1. The number of carbonyl (C=O) groups is 1. The number of halogens is 1. The van der Waals surface area contributed by atoms with Gasteiger partial charge in [0.1, 0.15) is 18.1 Å². The molecule has 3 rings (SSSR count). The number of benzene rings is 3. The number of rotatable bonds is 10. The Morgan fingerprint density at radius 3 is 2.29 bits per heavy atom. The van der Waals surface area contributed by atoms with E-state index in [0.29, 0.717) is 28.1 Å². The maximum absolute atomic E-state index is 14.7.